The van der Waals surface area contributed by atoms with E-state index in [2.05, 4.69) is 61.5 Å². The van der Waals surface area contributed by atoms with Crippen LogP contribution in [-0.2, 0) is 20.4 Å². The van der Waals surface area contributed by atoms with Crippen LogP contribution in [0.3, 0.4) is 0 Å². The molecule has 0 atom stereocenters. The molecule has 3 aromatic rings. The van der Waals surface area contributed by atoms with Gasteiger partial charge in [0.05, 0.1) is 11.4 Å². The van der Waals surface area contributed by atoms with Gasteiger partial charge in [-0.1, -0.05) is 53.7 Å². The van der Waals surface area contributed by atoms with Crippen LogP contribution < -0.4 is 20.2 Å². The Labute approximate surface area is 196 Å². The standard InChI is InChI=1S/C26H24N4O4/c1-25(2,3)13-7-9-15(27-11-13)17-19-21(33-23(17)31)30-20-18(24(32)34-22(20)29-19)16-10-8-14(12-28-16)26(4,5)6/h7-12H,1-6H3. The van der Waals surface area contributed by atoms with Crippen molar-refractivity contribution in [3.63, 3.8) is 0 Å². The number of aromatic nitrogens is 4. The first-order chi connectivity index (χ1) is 15.9. The van der Waals surface area contributed by atoms with E-state index in [0.29, 0.717) is 11.4 Å². The minimum atomic E-state index is -0.602. The van der Waals surface area contributed by atoms with Crippen LogP contribution >= 0.6 is 0 Å². The molecule has 8 heteroatoms. The van der Waals surface area contributed by atoms with Gasteiger partial charge >= 0.3 is 11.9 Å². The summed E-state index contributed by atoms with van der Waals surface area (Å²) in [5.41, 5.74) is 3.10. The number of pyridine rings is 2. The van der Waals surface area contributed by atoms with Gasteiger partial charge in [0.15, 0.2) is 0 Å². The molecule has 8 nitrogen and oxygen atoms in total. The predicted molar refractivity (Wildman–Crippen MR) is 123 cm³/mol. The molecule has 3 aromatic heterocycles. The molecule has 0 saturated carbocycles. The van der Waals surface area contributed by atoms with Crippen LogP contribution in [0.5, 0.6) is 11.8 Å². The number of ether oxygens (including phenoxy) is 2. The fourth-order valence-corrected chi connectivity index (χ4v) is 3.77. The van der Waals surface area contributed by atoms with Crippen molar-refractivity contribution in [3.8, 4) is 11.8 Å². The summed E-state index contributed by atoms with van der Waals surface area (Å²) in [5.74, 6) is -1.17. The van der Waals surface area contributed by atoms with Gasteiger partial charge in [-0.05, 0) is 34.1 Å². The van der Waals surface area contributed by atoms with Gasteiger partial charge in [-0.25, -0.2) is 19.6 Å². The Hall–Kier alpha value is -3.94. The zero-order chi connectivity index (χ0) is 24.4. The van der Waals surface area contributed by atoms with Crippen molar-refractivity contribution < 1.29 is 19.1 Å². The smallest absolute Gasteiger partial charge is 0.349 e. The molecule has 2 aliphatic heterocycles. The predicted octanol–water partition coefficient (Wildman–Crippen LogP) is 2.10. The SMILES string of the molecule is CC(C)(C)c1ccc(C2=c3nc4c(nc3OC2=O)=C(c2ccc(C(C)(C)C)cn2)C(=O)O4)nc1. The lowest BCUT2D eigenvalue weighted by atomic mass is 9.88. The van der Waals surface area contributed by atoms with Crippen LogP contribution in [0.4, 0.5) is 0 Å². The number of carbonyl (C=O) groups is 2. The molecule has 0 bridgehead atoms. The highest BCUT2D eigenvalue weighted by atomic mass is 16.6. The second kappa shape index (κ2) is 7.28. The average Bonchev–Trinajstić information content (AvgIpc) is 3.25. The lowest BCUT2D eigenvalue weighted by Crippen LogP contribution is -2.20. The van der Waals surface area contributed by atoms with E-state index in [9.17, 15) is 9.59 Å². The summed E-state index contributed by atoms with van der Waals surface area (Å²) in [7, 11) is 0. The summed E-state index contributed by atoms with van der Waals surface area (Å²) in [6, 6.07) is 7.34. The molecular formula is C26H24N4O4. The number of hydrogen-bond donors (Lipinski definition) is 0. The molecular weight excluding hydrogens is 432 g/mol. The van der Waals surface area contributed by atoms with Crippen molar-refractivity contribution in [2.45, 2.75) is 52.4 Å². The van der Waals surface area contributed by atoms with Gasteiger partial charge in [-0.3, -0.25) is 9.97 Å². The first-order valence-electron chi connectivity index (χ1n) is 11.0. The van der Waals surface area contributed by atoms with E-state index < -0.39 is 11.9 Å². The fourth-order valence-electron chi connectivity index (χ4n) is 3.77. The Bertz CT molecular complexity index is 1360. The number of carbonyl (C=O) groups excluding carboxylic acids is 2. The first-order valence-corrected chi connectivity index (χ1v) is 11.0. The lowest BCUT2D eigenvalue weighted by Gasteiger charge is -2.18. The molecule has 5 heterocycles. The summed E-state index contributed by atoms with van der Waals surface area (Å²) < 4.78 is 10.8. The van der Waals surface area contributed by atoms with Gasteiger partial charge in [0.1, 0.15) is 21.8 Å². The number of nitrogens with zero attached hydrogens (tertiary/aromatic N) is 4. The van der Waals surface area contributed by atoms with E-state index in [0.717, 1.165) is 11.1 Å². The average molecular weight is 457 g/mol. The Balaban J connectivity index is 1.65. The number of hydrogen-bond acceptors (Lipinski definition) is 8. The quantitative estimate of drug-likeness (QED) is 0.540. The molecule has 0 unspecified atom stereocenters. The zero-order valence-electron chi connectivity index (χ0n) is 19.9. The molecule has 2 aliphatic rings. The molecule has 0 aliphatic carbocycles. The maximum Gasteiger partial charge on any atom is 0.349 e. The summed E-state index contributed by atoms with van der Waals surface area (Å²) in [6.07, 6.45) is 3.46. The number of rotatable bonds is 2. The van der Waals surface area contributed by atoms with Crippen molar-refractivity contribution >= 4 is 23.1 Å². The number of fused-ring (bicyclic) bond motifs is 2. The van der Waals surface area contributed by atoms with Gasteiger partial charge in [-0.15, -0.1) is 0 Å². The second-order valence-corrected chi connectivity index (χ2v) is 10.4. The van der Waals surface area contributed by atoms with E-state index in [1.807, 2.05) is 12.1 Å². The summed E-state index contributed by atoms with van der Waals surface area (Å²) in [5, 5.41) is 0.398. The van der Waals surface area contributed by atoms with E-state index in [1.165, 1.54) is 0 Å². The molecule has 0 amide bonds. The molecule has 0 saturated heterocycles. The highest BCUT2D eigenvalue weighted by Crippen LogP contribution is 2.26. The third-order valence-corrected chi connectivity index (χ3v) is 5.86. The van der Waals surface area contributed by atoms with E-state index in [-0.39, 0.29) is 44.4 Å². The van der Waals surface area contributed by atoms with Gasteiger partial charge in [0.2, 0.25) is 0 Å². The van der Waals surface area contributed by atoms with Crippen LogP contribution in [0.1, 0.15) is 64.1 Å². The van der Waals surface area contributed by atoms with Crippen LogP contribution in [0.25, 0.3) is 11.1 Å². The van der Waals surface area contributed by atoms with Gasteiger partial charge < -0.3 is 9.47 Å². The van der Waals surface area contributed by atoms with E-state index in [4.69, 9.17) is 9.47 Å². The van der Waals surface area contributed by atoms with Crippen LogP contribution in [-0.4, -0.2) is 31.9 Å². The Morgan fingerprint density at radius 1 is 0.618 bits per heavy atom. The fraction of sp³-hybridized carbons (Fsp3) is 0.308. The van der Waals surface area contributed by atoms with Crippen molar-refractivity contribution in [1.82, 2.24) is 19.9 Å². The first kappa shape index (κ1) is 21.9. The van der Waals surface area contributed by atoms with Gasteiger partial charge in [0.25, 0.3) is 11.8 Å². The summed E-state index contributed by atoms with van der Waals surface area (Å²) in [6.45, 7) is 12.5. The molecule has 5 rings (SSSR count). The Morgan fingerprint density at radius 3 is 1.29 bits per heavy atom. The minimum absolute atomic E-state index is 0.0163. The monoisotopic (exact) mass is 456 g/mol. The van der Waals surface area contributed by atoms with Crippen molar-refractivity contribution in [3.05, 3.63) is 69.9 Å². The largest absolute Gasteiger partial charge is 0.401 e. The molecule has 0 aromatic carbocycles. The third-order valence-electron chi connectivity index (χ3n) is 5.86. The molecule has 0 N–H and O–H groups in total. The summed E-state index contributed by atoms with van der Waals surface area (Å²) in [4.78, 5) is 43.1. The maximum atomic E-state index is 12.7. The molecule has 0 fully saturated rings. The number of esters is 2. The van der Waals surface area contributed by atoms with Gasteiger partial charge in [0, 0.05) is 12.4 Å². The van der Waals surface area contributed by atoms with Crippen LogP contribution in [0.15, 0.2) is 36.7 Å². The van der Waals surface area contributed by atoms with Crippen molar-refractivity contribution in [2.24, 2.45) is 0 Å². The molecule has 0 radical (unpaired) electrons. The Morgan fingerprint density at radius 2 is 1.00 bits per heavy atom. The van der Waals surface area contributed by atoms with Gasteiger partial charge in [-0.2, -0.15) is 0 Å². The topological polar surface area (TPSA) is 104 Å². The molecule has 0 spiro atoms. The maximum absolute atomic E-state index is 12.7. The molecule has 34 heavy (non-hydrogen) atoms. The van der Waals surface area contributed by atoms with Crippen molar-refractivity contribution in [1.29, 1.82) is 0 Å². The zero-order valence-corrected chi connectivity index (χ0v) is 19.9. The highest BCUT2D eigenvalue weighted by Gasteiger charge is 2.34. The molecule has 172 valence electrons. The lowest BCUT2D eigenvalue weighted by molar-refractivity contribution is -0.128. The van der Waals surface area contributed by atoms with Crippen molar-refractivity contribution in [2.75, 3.05) is 0 Å². The normalized spacial score (nSPS) is 15.2. The van der Waals surface area contributed by atoms with E-state index >= 15 is 0 Å². The van der Waals surface area contributed by atoms with Crippen LogP contribution in [0.2, 0.25) is 0 Å². The van der Waals surface area contributed by atoms with Crippen LogP contribution in [0, 0.1) is 0 Å². The Kier molecular flexibility index (Phi) is 4.69. The highest BCUT2D eigenvalue weighted by molar-refractivity contribution is 6.19. The minimum Gasteiger partial charge on any atom is -0.401 e. The summed E-state index contributed by atoms with van der Waals surface area (Å²) >= 11 is 0. The third kappa shape index (κ3) is 3.55. The second-order valence-electron chi connectivity index (χ2n) is 10.4. The van der Waals surface area contributed by atoms with E-state index in [1.54, 1.807) is 24.5 Å².